The number of nitrogens with one attached hydrogen (secondary N) is 1. The van der Waals surface area contributed by atoms with E-state index in [1.807, 2.05) is 12.1 Å². The van der Waals surface area contributed by atoms with Crippen molar-refractivity contribution < 1.29 is 9.53 Å². The Morgan fingerprint density at radius 1 is 1.45 bits per heavy atom. The standard InChI is InChI=1S/C16H24N2O2/c1-12-4-2-7-15(10-12)20-9-8-16(19)18-14-6-3-5-13(17)11-14/h3,5-6,11-12,15H,2,4,7-10,17H2,1H3,(H,18,19). The summed E-state index contributed by atoms with van der Waals surface area (Å²) >= 11 is 0. The van der Waals surface area contributed by atoms with Crippen molar-refractivity contribution >= 4 is 17.3 Å². The molecule has 0 aliphatic heterocycles. The topological polar surface area (TPSA) is 64.3 Å². The van der Waals surface area contributed by atoms with Crippen LogP contribution in [-0.4, -0.2) is 18.6 Å². The third kappa shape index (κ3) is 4.85. The van der Waals surface area contributed by atoms with Crippen molar-refractivity contribution in [2.75, 3.05) is 17.7 Å². The minimum absolute atomic E-state index is 0.0283. The average molecular weight is 276 g/mol. The molecule has 1 aliphatic rings. The molecule has 0 heterocycles. The summed E-state index contributed by atoms with van der Waals surface area (Å²) in [4.78, 5) is 11.8. The van der Waals surface area contributed by atoms with Gasteiger partial charge in [-0.3, -0.25) is 4.79 Å². The minimum atomic E-state index is -0.0283. The molecule has 1 aromatic carbocycles. The van der Waals surface area contributed by atoms with E-state index in [4.69, 9.17) is 10.5 Å². The van der Waals surface area contributed by atoms with Crippen molar-refractivity contribution in [1.29, 1.82) is 0 Å². The largest absolute Gasteiger partial charge is 0.399 e. The highest BCUT2D eigenvalue weighted by Gasteiger charge is 2.19. The number of ether oxygens (including phenoxy) is 1. The Morgan fingerprint density at radius 3 is 3.05 bits per heavy atom. The molecule has 2 atom stereocenters. The Balaban J connectivity index is 1.67. The van der Waals surface area contributed by atoms with Gasteiger partial charge in [-0.2, -0.15) is 0 Å². The second-order valence-corrected chi connectivity index (χ2v) is 5.69. The van der Waals surface area contributed by atoms with Gasteiger partial charge in [0.05, 0.1) is 19.1 Å². The zero-order valence-electron chi connectivity index (χ0n) is 12.1. The van der Waals surface area contributed by atoms with Crippen molar-refractivity contribution in [3.63, 3.8) is 0 Å². The molecule has 1 aliphatic carbocycles. The van der Waals surface area contributed by atoms with E-state index in [-0.39, 0.29) is 5.91 Å². The lowest BCUT2D eigenvalue weighted by molar-refractivity contribution is -0.117. The smallest absolute Gasteiger partial charge is 0.226 e. The van der Waals surface area contributed by atoms with Gasteiger partial charge in [-0.1, -0.05) is 25.8 Å². The number of nitrogen functional groups attached to an aromatic ring is 1. The summed E-state index contributed by atoms with van der Waals surface area (Å²) < 4.78 is 5.80. The normalized spacial score (nSPS) is 22.4. The van der Waals surface area contributed by atoms with E-state index in [0.29, 0.717) is 24.8 Å². The van der Waals surface area contributed by atoms with E-state index in [1.165, 1.54) is 12.8 Å². The van der Waals surface area contributed by atoms with Crippen LogP contribution in [0.5, 0.6) is 0 Å². The summed E-state index contributed by atoms with van der Waals surface area (Å²) in [5.41, 5.74) is 7.05. The molecule has 0 spiro atoms. The molecule has 1 aromatic rings. The quantitative estimate of drug-likeness (QED) is 0.812. The van der Waals surface area contributed by atoms with E-state index < -0.39 is 0 Å². The summed E-state index contributed by atoms with van der Waals surface area (Å²) in [5.74, 6) is 0.717. The summed E-state index contributed by atoms with van der Waals surface area (Å²) in [6.07, 6.45) is 5.51. The van der Waals surface area contributed by atoms with E-state index in [9.17, 15) is 4.79 Å². The number of carbonyl (C=O) groups excluding carboxylic acids is 1. The maximum absolute atomic E-state index is 11.8. The first-order valence-corrected chi connectivity index (χ1v) is 7.40. The first kappa shape index (κ1) is 14.9. The van der Waals surface area contributed by atoms with Crippen LogP contribution in [0.4, 0.5) is 11.4 Å². The van der Waals surface area contributed by atoms with Crippen LogP contribution in [0.2, 0.25) is 0 Å². The van der Waals surface area contributed by atoms with Crippen LogP contribution in [0.1, 0.15) is 39.0 Å². The number of nitrogens with two attached hydrogens (primary N) is 1. The van der Waals surface area contributed by atoms with Crippen molar-refractivity contribution in [3.8, 4) is 0 Å². The fraction of sp³-hybridized carbons (Fsp3) is 0.562. The minimum Gasteiger partial charge on any atom is -0.399 e. The summed E-state index contributed by atoms with van der Waals surface area (Å²) in [7, 11) is 0. The van der Waals surface area contributed by atoms with Gasteiger partial charge < -0.3 is 15.8 Å². The Bertz CT molecular complexity index is 448. The molecule has 2 unspecified atom stereocenters. The highest BCUT2D eigenvalue weighted by atomic mass is 16.5. The number of carbonyl (C=O) groups is 1. The first-order chi connectivity index (χ1) is 9.63. The SMILES string of the molecule is CC1CCCC(OCCC(=O)Nc2cccc(N)c2)C1. The number of anilines is 2. The molecule has 110 valence electrons. The van der Waals surface area contributed by atoms with E-state index in [1.54, 1.807) is 12.1 Å². The van der Waals surface area contributed by atoms with E-state index in [2.05, 4.69) is 12.2 Å². The molecule has 0 radical (unpaired) electrons. The van der Waals surface area contributed by atoms with Crippen LogP contribution in [0.3, 0.4) is 0 Å². The summed E-state index contributed by atoms with van der Waals surface area (Å²) in [5, 5.41) is 2.83. The Morgan fingerprint density at radius 2 is 2.30 bits per heavy atom. The molecule has 4 nitrogen and oxygen atoms in total. The molecule has 20 heavy (non-hydrogen) atoms. The zero-order valence-corrected chi connectivity index (χ0v) is 12.1. The lowest BCUT2D eigenvalue weighted by atomic mass is 9.89. The molecule has 1 fully saturated rings. The third-order valence-electron chi connectivity index (χ3n) is 3.74. The number of hydrogen-bond acceptors (Lipinski definition) is 3. The number of amides is 1. The first-order valence-electron chi connectivity index (χ1n) is 7.40. The second kappa shape index (κ2) is 7.29. The molecule has 0 aromatic heterocycles. The fourth-order valence-electron chi connectivity index (χ4n) is 2.69. The third-order valence-corrected chi connectivity index (χ3v) is 3.74. The Kier molecular flexibility index (Phi) is 5.41. The highest BCUT2D eigenvalue weighted by Crippen LogP contribution is 2.25. The van der Waals surface area contributed by atoms with Crippen LogP contribution in [0, 0.1) is 5.92 Å². The van der Waals surface area contributed by atoms with Crippen molar-refractivity contribution in [3.05, 3.63) is 24.3 Å². The van der Waals surface area contributed by atoms with Gasteiger partial charge in [0.1, 0.15) is 0 Å². The molecule has 3 N–H and O–H groups in total. The van der Waals surface area contributed by atoms with Gasteiger partial charge in [0, 0.05) is 11.4 Å². The maximum atomic E-state index is 11.8. The molecular formula is C16H24N2O2. The number of hydrogen-bond donors (Lipinski definition) is 2. The van der Waals surface area contributed by atoms with Gasteiger partial charge in [-0.05, 0) is 37.0 Å². The Labute approximate surface area is 120 Å². The van der Waals surface area contributed by atoms with Crippen molar-refractivity contribution in [1.82, 2.24) is 0 Å². The summed E-state index contributed by atoms with van der Waals surface area (Å²) in [6.45, 7) is 2.76. The highest BCUT2D eigenvalue weighted by molar-refractivity contribution is 5.91. The number of benzene rings is 1. The van der Waals surface area contributed by atoms with Gasteiger partial charge in [0.15, 0.2) is 0 Å². The van der Waals surface area contributed by atoms with Gasteiger partial charge >= 0.3 is 0 Å². The van der Waals surface area contributed by atoms with Gasteiger partial charge in [0.25, 0.3) is 0 Å². The van der Waals surface area contributed by atoms with Crippen LogP contribution >= 0.6 is 0 Å². The predicted molar refractivity (Wildman–Crippen MR) is 81.5 cm³/mol. The van der Waals surface area contributed by atoms with Gasteiger partial charge in [-0.25, -0.2) is 0 Å². The summed E-state index contributed by atoms with van der Waals surface area (Å²) in [6, 6.07) is 7.20. The van der Waals surface area contributed by atoms with Crippen LogP contribution < -0.4 is 11.1 Å². The molecule has 0 saturated heterocycles. The lowest BCUT2D eigenvalue weighted by Crippen LogP contribution is -2.23. The average Bonchev–Trinajstić information content (AvgIpc) is 2.38. The van der Waals surface area contributed by atoms with Crippen LogP contribution in [0.15, 0.2) is 24.3 Å². The molecule has 1 amide bonds. The second-order valence-electron chi connectivity index (χ2n) is 5.69. The Hall–Kier alpha value is -1.55. The monoisotopic (exact) mass is 276 g/mol. The molecule has 2 rings (SSSR count). The van der Waals surface area contributed by atoms with Gasteiger partial charge in [-0.15, -0.1) is 0 Å². The molecule has 0 bridgehead atoms. The van der Waals surface area contributed by atoms with Crippen LogP contribution in [0.25, 0.3) is 0 Å². The van der Waals surface area contributed by atoms with Crippen molar-refractivity contribution in [2.45, 2.75) is 45.1 Å². The predicted octanol–water partition coefficient (Wildman–Crippen LogP) is 3.19. The lowest BCUT2D eigenvalue weighted by Gasteiger charge is -2.26. The van der Waals surface area contributed by atoms with Crippen LogP contribution in [-0.2, 0) is 9.53 Å². The van der Waals surface area contributed by atoms with E-state index in [0.717, 1.165) is 24.4 Å². The van der Waals surface area contributed by atoms with E-state index >= 15 is 0 Å². The van der Waals surface area contributed by atoms with Gasteiger partial charge in [0.2, 0.25) is 5.91 Å². The molecule has 4 heteroatoms. The zero-order chi connectivity index (χ0) is 14.4. The fourth-order valence-corrected chi connectivity index (χ4v) is 2.69. The molecule has 1 saturated carbocycles. The van der Waals surface area contributed by atoms with Crippen molar-refractivity contribution in [2.24, 2.45) is 5.92 Å². The molecular weight excluding hydrogens is 252 g/mol. The maximum Gasteiger partial charge on any atom is 0.226 e. The number of rotatable bonds is 5.